The number of nitrogens with two attached hydrogens (primary N) is 1. The molecular weight excluding hydrogens is 198 g/mol. The predicted molar refractivity (Wildman–Crippen MR) is 57.7 cm³/mol. The highest BCUT2D eigenvalue weighted by molar-refractivity contribution is 7.98. The predicted octanol–water partition coefficient (Wildman–Crippen LogP) is 1.10. The lowest BCUT2D eigenvalue weighted by atomic mass is 10.2. The van der Waals surface area contributed by atoms with E-state index in [1.165, 1.54) is 11.8 Å². The van der Waals surface area contributed by atoms with Gasteiger partial charge in [-0.3, -0.25) is 0 Å². The van der Waals surface area contributed by atoms with Gasteiger partial charge in [0.25, 0.3) is 0 Å². The molecule has 5 heteroatoms. The van der Waals surface area contributed by atoms with Crippen molar-refractivity contribution in [1.29, 1.82) is 0 Å². The third-order valence-electron chi connectivity index (χ3n) is 1.83. The summed E-state index contributed by atoms with van der Waals surface area (Å²) < 4.78 is 5.18. The minimum atomic E-state index is 0.665. The molecule has 1 aromatic rings. The molecule has 0 unspecified atom stereocenters. The average molecular weight is 213 g/mol. The lowest BCUT2D eigenvalue weighted by molar-refractivity contribution is 0.386. The molecule has 78 valence electrons. The van der Waals surface area contributed by atoms with Gasteiger partial charge in [-0.05, 0) is 25.6 Å². The van der Waals surface area contributed by atoms with E-state index < -0.39 is 0 Å². The van der Waals surface area contributed by atoms with Crippen molar-refractivity contribution in [1.82, 2.24) is 9.97 Å². The van der Waals surface area contributed by atoms with Crippen LogP contribution in [0.3, 0.4) is 0 Å². The molecule has 1 heterocycles. The fourth-order valence-corrected chi connectivity index (χ4v) is 1.45. The summed E-state index contributed by atoms with van der Waals surface area (Å²) >= 11 is 1.50. The molecule has 0 bridgehead atoms. The van der Waals surface area contributed by atoms with Gasteiger partial charge in [-0.2, -0.15) is 4.98 Å². The molecule has 1 aromatic heterocycles. The topological polar surface area (TPSA) is 61.0 Å². The molecule has 1 rings (SSSR count). The number of aromatic nitrogens is 2. The van der Waals surface area contributed by atoms with Crippen molar-refractivity contribution in [2.75, 3.05) is 19.9 Å². The van der Waals surface area contributed by atoms with E-state index in [2.05, 4.69) is 9.97 Å². The fraction of sp³-hybridized carbons (Fsp3) is 0.556. The van der Waals surface area contributed by atoms with E-state index >= 15 is 0 Å². The van der Waals surface area contributed by atoms with Crippen molar-refractivity contribution >= 4 is 11.8 Å². The minimum Gasteiger partial charge on any atom is -0.481 e. The number of thioether (sulfide) groups is 1. The molecule has 0 aliphatic heterocycles. The Balaban J connectivity index is 2.82. The third kappa shape index (κ3) is 2.85. The third-order valence-corrected chi connectivity index (χ3v) is 2.39. The van der Waals surface area contributed by atoms with Crippen molar-refractivity contribution in [3.63, 3.8) is 0 Å². The van der Waals surface area contributed by atoms with Gasteiger partial charge in [0.2, 0.25) is 5.88 Å². The first-order valence-electron chi connectivity index (χ1n) is 4.45. The van der Waals surface area contributed by atoms with E-state index in [0.29, 0.717) is 12.4 Å². The maximum atomic E-state index is 5.44. The second-order valence-electron chi connectivity index (χ2n) is 2.78. The number of rotatable bonds is 5. The van der Waals surface area contributed by atoms with Crippen LogP contribution in [-0.2, 0) is 6.42 Å². The van der Waals surface area contributed by atoms with E-state index in [4.69, 9.17) is 10.5 Å². The first-order valence-corrected chi connectivity index (χ1v) is 5.68. The molecular formula is C9H15N3OS. The molecule has 0 saturated carbocycles. The molecule has 0 atom stereocenters. The largest absolute Gasteiger partial charge is 0.481 e. The molecule has 14 heavy (non-hydrogen) atoms. The molecule has 0 radical (unpaired) electrons. The van der Waals surface area contributed by atoms with Crippen molar-refractivity contribution in [3.05, 3.63) is 11.8 Å². The van der Waals surface area contributed by atoms with E-state index in [1.807, 2.05) is 12.5 Å². The molecule has 0 spiro atoms. The van der Waals surface area contributed by atoms with Gasteiger partial charge < -0.3 is 10.5 Å². The summed E-state index contributed by atoms with van der Waals surface area (Å²) in [5, 5.41) is 0.735. The standard InChI is InChI=1S/C9H15N3OS/c1-13-8-7(4-3-5-10)6-11-9(12-8)14-2/h6H,3-5,10H2,1-2H3. The maximum absolute atomic E-state index is 5.44. The number of hydrogen-bond acceptors (Lipinski definition) is 5. The van der Waals surface area contributed by atoms with Crippen molar-refractivity contribution < 1.29 is 4.74 Å². The Morgan fingerprint density at radius 1 is 1.57 bits per heavy atom. The molecule has 0 saturated heterocycles. The quantitative estimate of drug-likeness (QED) is 0.586. The Morgan fingerprint density at radius 2 is 2.36 bits per heavy atom. The number of hydrogen-bond donors (Lipinski definition) is 1. The Morgan fingerprint density at radius 3 is 2.93 bits per heavy atom. The van der Waals surface area contributed by atoms with Crippen LogP contribution in [0, 0.1) is 0 Å². The van der Waals surface area contributed by atoms with Gasteiger partial charge in [-0.25, -0.2) is 4.98 Å². The van der Waals surface area contributed by atoms with Crippen molar-refractivity contribution in [2.24, 2.45) is 5.73 Å². The van der Waals surface area contributed by atoms with Crippen LogP contribution in [0.5, 0.6) is 5.88 Å². The summed E-state index contributed by atoms with van der Waals surface area (Å²) in [5.74, 6) is 0.665. The smallest absolute Gasteiger partial charge is 0.220 e. The van der Waals surface area contributed by atoms with Crippen LogP contribution in [0.2, 0.25) is 0 Å². The zero-order valence-electron chi connectivity index (χ0n) is 8.49. The van der Waals surface area contributed by atoms with E-state index in [-0.39, 0.29) is 0 Å². The summed E-state index contributed by atoms with van der Waals surface area (Å²) in [7, 11) is 1.62. The van der Waals surface area contributed by atoms with Gasteiger partial charge in [-0.15, -0.1) is 0 Å². The summed E-state index contributed by atoms with van der Waals surface area (Å²) in [6.07, 6.45) is 5.55. The monoisotopic (exact) mass is 213 g/mol. The first-order chi connectivity index (χ1) is 6.81. The van der Waals surface area contributed by atoms with Crippen LogP contribution < -0.4 is 10.5 Å². The Bertz CT molecular complexity index is 293. The highest BCUT2D eigenvalue weighted by Gasteiger charge is 2.06. The van der Waals surface area contributed by atoms with Gasteiger partial charge >= 0.3 is 0 Å². The zero-order chi connectivity index (χ0) is 10.4. The van der Waals surface area contributed by atoms with Crippen molar-refractivity contribution in [3.8, 4) is 5.88 Å². The summed E-state index contributed by atoms with van der Waals surface area (Å²) in [6.45, 7) is 0.674. The minimum absolute atomic E-state index is 0.665. The van der Waals surface area contributed by atoms with E-state index in [9.17, 15) is 0 Å². The summed E-state index contributed by atoms with van der Waals surface area (Å²) in [5.41, 5.74) is 6.46. The molecule has 2 N–H and O–H groups in total. The van der Waals surface area contributed by atoms with Gasteiger partial charge in [-0.1, -0.05) is 11.8 Å². The lowest BCUT2D eigenvalue weighted by Crippen LogP contribution is -2.03. The Labute approximate surface area is 88.3 Å². The molecule has 4 nitrogen and oxygen atoms in total. The molecule has 0 aromatic carbocycles. The number of ether oxygens (including phenoxy) is 1. The van der Waals surface area contributed by atoms with Gasteiger partial charge in [0.15, 0.2) is 5.16 Å². The highest BCUT2D eigenvalue weighted by atomic mass is 32.2. The number of nitrogens with zero attached hydrogens (tertiary/aromatic N) is 2. The Hall–Kier alpha value is -0.810. The molecule has 0 aliphatic rings. The number of aryl methyl sites for hydroxylation is 1. The first kappa shape index (κ1) is 11.3. The second kappa shape index (κ2) is 5.82. The normalized spacial score (nSPS) is 10.2. The summed E-state index contributed by atoms with van der Waals surface area (Å²) in [4.78, 5) is 8.44. The van der Waals surface area contributed by atoms with Crippen LogP contribution in [0.15, 0.2) is 11.4 Å². The van der Waals surface area contributed by atoms with Crippen LogP contribution >= 0.6 is 11.8 Å². The van der Waals surface area contributed by atoms with Gasteiger partial charge in [0.05, 0.1) is 7.11 Å². The molecule has 0 fully saturated rings. The molecule has 0 amide bonds. The number of methoxy groups -OCH3 is 1. The summed E-state index contributed by atoms with van der Waals surface area (Å²) in [6, 6.07) is 0. The van der Waals surface area contributed by atoms with Gasteiger partial charge in [0, 0.05) is 11.8 Å². The molecule has 0 aliphatic carbocycles. The van der Waals surface area contributed by atoms with E-state index in [0.717, 1.165) is 23.6 Å². The maximum Gasteiger partial charge on any atom is 0.220 e. The van der Waals surface area contributed by atoms with Crippen LogP contribution in [0.25, 0.3) is 0 Å². The van der Waals surface area contributed by atoms with Gasteiger partial charge in [0.1, 0.15) is 0 Å². The SMILES string of the molecule is COc1nc(SC)ncc1CCCN. The highest BCUT2D eigenvalue weighted by Crippen LogP contribution is 2.19. The average Bonchev–Trinajstić information content (AvgIpc) is 2.26. The van der Waals surface area contributed by atoms with Crippen LogP contribution in [-0.4, -0.2) is 29.9 Å². The Kier molecular flexibility index (Phi) is 4.69. The van der Waals surface area contributed by atoms with Crippen LogP contribution in [0.4, 0.5) is 0 Å². The van der Waals surface area contributed by atoms with E-state index in [1.54, 1.807) is 7.11 Å². The van der Waals surface area contributed by atoms with Crippen LogP contribution in [0.1, 0.15) is 12.0 Å². The fourth-order valence-electron chi connectivity index (χ4n) is 1.11. The zero-order valence-corrected chi connectivity index (χ0v) is 9.30. The second-order valence-corrected chi connectivity index (χ2v) is 3.56. The lowest BCUT2D eigenvalue weighted by Gasteiger charge is -2.06. The van der Waals surface area contributed by atoms with Crippen molar-refractivity contribution in [2.45, 2.75) is 18.0 Å².